The average molecular weight is 165 g/mol. The van der Waals surface area contributed by atoms with Gasteiger partial charge in [-0.15, -0.1) is 0 Å². The van der Waals surface area contributed by atoms with E-state index in [0.29, 0.717) is 0 Å². The third-order valence-corrected chi connectivity index (χ3v) is 0.821. The van der Waals surface area contributed by atoms with Crippen molar-refractivity contribution < 1.29 is 0 Å². The molecular formula is C5H6Cl2N2. The van der Waals surface area contributed by atoms with Crippen molar-refractivity contribution in [2.24, 2.45) is 0 Å². The van der Waals surface area contributed by atoms with E-state index in [9.17, 15) is 0 Å². The molecule has 0 amide bonds. The molecule has 50 valence electrons. The van der Waals surface area contributed by atoms with Crippen LogP contribution in [0.1, 0.15) is 0 Å². The molecule has 0 saturated carbocycles. The van der Waals surface area contributed by atoms with E-state index in [0.717, 1.165) is 0 Å². The summed E-state index contributed by atoms with van der Waals surface area (Å²) in [4.78, 5) is 0. The average Bonchev–Trinajstić information content (AvgIpc) is 1.63. The third-order valence-electron chi connectivity index (χ3n) is 0.493. The second-order valence-electron chi connectivity index (χ2n) is 1.19. The Hall–Kier alpha value is -0.470. The van der Waals surface area contributed by atoms with E-state index in [-0.39, 0.29) is 10.3 Å². The topological polar surface area (TPSA) is 35.9 Å². The molecule has 0 aromatic carbocycles. The maximum Gasteiger partial charge on any atom is 0.123 e. The minimum Gasteiger partial charge on any atom is -0.353 e. The highest BCUT2D eigenvalue weighted by atomic mass is 35.5. The second kappa shape index (κ2) is 4.41. The first-order valence-corrected chi connectivity index (χ1v) is 2.91. The molecular weight excluding hydrogens is 159 g/mol. The molecule has 0 radical (unpaired) electrons. The molecule has 0 aliphatic heterocycles. The number of hydrogen-bond acceptors (Lipinski definition) is 2. The summed E-state index contributed by atoms with van der Waals surface area (Å²) in [5.74, 6) is 0. The zero-order valence-electron chi connectivity index (χ0n) is 4.62. The van der Waals surface area contributed by atoms with Gasteiger partial charge in [0.2, 0.25) is 0 Å². The molecule has 0 aliphatic carbocycles. The van der Waals surface area contributed by atoms with Crippen molar-refractivity contribution in [1.29, 1.82) is 5.41 Å². The largest absolute Gasteiger partial charge is 0.353 e. The summed E-state index contributed by atoms with van der Waals surface area (Å²) in [6.07, 6.45) is 2.67. The molecule has 0 aromatic heterocycles. The fourth-order valence-corrected chi connectivity index (χ4v) is 0.602. The molecule has 0 saturated heterocycles. The number of hydrogen-bond donors (Lipinski definition) is 2. The van der Waals surface area contributed by atoms with Crippen molar-refractivity contribution in [2.75, 3.05) is 0 Å². The smallest absolute Gasteiger partial charge is 0.123 e. The first-order chi connectivity index (χ1) is 4.16. The maximum absolute atomic E-state index is 6.73. The predicted molar refractivity (Wildman–Crippen MR) is 40.8 cm³/mol. The van der Waals surface area contributed by atoms with Crippen LogP contribution in [0, 0.1) is 5.41 Å². The van der Waals surface area contributed by atoms with Gasteiger partial charge in [0.25, 0.3) is 0 Å². The molecule has 0 heterocycles. The SMILES string of the molecule is C=CNC(Cl)=CC(=N)Cl. The summed E-state index contributed by atoms with van der Waals surface area (Å²) in [5, 5.41) is 9.44. The quantitative estimate of drug-likeness (QED) is 0.487. The Bertz CT molecular complexity index is 151. The molecule has 2 nitrogen and oxygen atoms in total. The number of allylic oxidation sites excluding steroid dienone is 1. The minimum absolute atomic E-state index is 0.116. The number of rotatable bonds is 3. The van der Waals surface area contributed by atoms with Gasteiger partial charge >= 0.3 is 0 Å². The zero-order valence-corrected chi connectivity index (χ0v) is 6.13. The lowest BCUT2D eigenvalue weighted by molar-refractivity contribution is 1.17. The normalized spacial score (nSPS) is 10.7. The summed E-state index contributed by atoms with van der Waals surface area (Å²) in [6.45, 7) is 3.36. The van der Waals surface area contributed by atoms with Gasteiger partial charge in [-0.05, 0) is 6.20 Å². The van der Waals surface area contributed by atoms with E-state index < -0.39 is 0 Å². The number of halogens is 2. The van der Waals surface area contributed by atoms with Gasteiger partial charge in [-0.3, -0.25) is 5.41 Å². The molecule has 0 atom stereocenters. The first kappa shape index (κ1) is 8.53. The Balaban J connectivity index is 3.83. The van der Waals surface area contributed by atoms with Crippen LogP contribution in [0.2, 0.25) is 0 Å². The predicted octanol–water partition coefficient (Wildman–Crippen LogP) is 2.02. The van der Waals surface area contributed by atoms with Crippen LogP contribution in [0.25, 0.3) is 0 Å². The van der Waals surface area contributed by atoms with Crippen LogP contribution in [0.5, 0.6) is 0 Å². The van der Waals surface area contributed by atoms with Gasteiger partial charge in [0, 0.05) is 6.08 Å². The summed E-state index contributed by atoms with van der Waals surface area (Å²) in [7, 11) is 0. The monoisotopic (exact) mass is 164 g/mol. The van der Waals surface area contributed by atoms with Crippen LogP contribution < -0.4 is 5.32 Å². The summed E-state index contributed by atoms with van der Waals surface area (Å²) >= 11 is 10.6. The van der Waals surface area contributed by atoms with Crippen molar-refractivity contribution >= 4 is 28.4 Å². The highest BCUT2D eigenvalue weighted by Crippen LogP contribution is 1.96. The molecule has 0 spiro atoms. The van der Waals surface area contributed by atoms with Gasteiger partial charge in [0.15, 0.2) is 0 Å². The highest BCUT2D eigenvalue weighted by Gasteiger charge is 1.86. The molecule has 0 aromatic rings. The van der Waals surface area contributed by atoms with Crippen LogP contribution in [-0.4, -0.2) is 5.17 Å². The van der Waals surface area contributed by atoms with E-state index in [2.05, 4.69) is 11.9 Å². The summed E-state index contributed by atoms with van der Waals surface area (Å²) in [5.41, 5.74) is 0. The Kier molecular flexibility index (Phi) is 4.18. The van der Waals surface area contributed by atoms with Crippen molar-refractivity contribution in [3.63, 3.8) is 0 Å². The molecule has 0 aliphatic rings. The molecule has 0 bridgehead atoms. The Labute approximate surface area is 63.7 Å². The van der Waals surface area contributed by atoms with Gasteiger partial charge in [-0.25, -0.2) is 0 Å². The second-order valence-corrected chi connectivity index (χ2v) is 2.00. The third kappa shape index (κ3) is 5.40. The van der Waals surface area contributed by atoms with Gasteiger partial charge in [0.1, 0.15) is 10.3 Å². The van der Waals surface area contributed by atoms with E-state index in [4.69, 9.17) is 28.6 Å². The van der Waals surface area contributed by atoms with E-state index in [1.807, 2.05) is 0 Å². The Morgan fingerprint density at radius 2 is 2.11 bits per heavy atom. The zero-order chi connectivity index (χ0) is 7.28. The standard InChI is InChI=1S/C5H6Cl2N2/c1-2-9-5(7)3-4(6)8/h2-3,8-9H,1H2. The van der Waals surface area contributed by atoms with Crippen LogP contribution in [0.15, 0.2) is 24.0 Å². The van der Waals surface area contributed by atoms with Crippen LogP contribution in [0.4, 0.5) is 0 Å². The van der Waals surface area contributed by atoms with Crippen molar-refractivity contribution in [3.05, 3.63) is 24.0 Å². The van der Waals surface area contributed by atoms with Gasteiger partial charge in [0.05, 0.1) is 0 Å². The minimum atomic E-state index is -0.116. The van der Waals surface area contributed by atoms with Gasteiger partial charge in [-0.2, -0.15) is 0 Å². The first-order valence-electron chi connectivity index (χ1n) is 2.15. The molecule has 2 N–H and O–H groups in total. The molecule has 4 heteroatoms. The van der Waals surface area contributed by atoms with Crippen LogP contribution >= 0.6 is 23.2 Å². The fraction of sp³-hybridized carbons (Fsp3) is 0. The summed E-state index contributed by atoms with van der Waals surface area (Å²) in [6, 6.07) is 0. The molecule has 0 rings (SSSR count). The highest BCUT2D eigenvalue weighted by molar-refractivity contribution is 6.68. The van der Waals surface area contributed by atoms with Gasteiger partial charge in [-0.1, -0.05) is 29.8 Å². The Morgan fingerprint density at radius 3 is 2.44 bits per heavy atom. The lowest BCUT2D eigenvalue weighted by Crippen LogP contribution is -1.98. The Morgan fingerprint density at radius 1 is 1.56 bits per heavy atom. The molecule has 0 unspecified atom stereocenters. The van der Waals surface area contributed by atoms with Crippen molar-refractivity contribution in [2.45, 2.75) is 0 Å². The lowest BCUT2D eigenvalue weighted by atomic mass is 10.6. The molecule has 0 fully saturated rings. The number of nitrogens with one attached hydrogen (secondary N) is 2. The molecule has 9 heavy (non-hydrogen) atoms. The van der Waals surface area contributed by atoms with E-state index >= 15 is 0 Å². The van der Waals surface area contributed by atoms with Gasteiger partial charge < -0.3 is 5.32 Å². The fourth-order valence-electron chi connectivity index (χ4n) is 0.250. The van der Waals surface area contributed by atoms with Crippen molar-refractivity contribution in [1.82, 2.24) is 5.32 Å². The summed E-state index contributed by atoms with van der Waals surface area (Å²) < 4.78 is 0. The van der Waals surface area contributed by atoms with Crippen LogP contribution in [0.3, 0.4) is 0 Å². The van der Waals surface area contributed by atoms with E-state index in [1.54, 1.807) is 0 Å². The van der Waals surface area contributed by atoms with E-state index in [1.165, 1.54) is 12.3 Å². The van der Waals surface area contributed by atoms with Crippen molar-refractivity contribution in [3.8, 4) is 0 Å². The maximum atomic E-state index is 6.73. The van der Waals surface area contributed by atoms with Crippen LogP contribution in [-0.2, 0) is 0 Å². The lowest BCUT2D eigenvalue weighted by Gasteiger charge is -1.92.